The second-order valence-corrected chi connectivity index (χ2v) is 8.16. The number of amides is 1. The van der Waals surface area contributed by atoms with Crippen molar-refractivity contribution in [1.29, 1.82) is 0 Å². The number of thiazole rings is 1. The quantitative estimate of drug-likeness (QED) is 0.556. The molecule has 6 nitrogen and oxygen atoms in total. The van der Waals surface area contributed by atoms with Crippen LogP contribution in [0.4, 0.5) is 8.78 Å². The highest BCUT2D eigenvalue weighted by Crippen LogP contribution is 2.27. The van der Waals surface area contributed by atoms with Crippen molar-refractivity contribution in [2.45, 2.75) is 6.61 Å². The number of nitrogens with one attached hydrogen (secondary N) is 1. The van der Waals surface area contributed by atoms with Gasteiger partial charge in [-0.2, -0.15) is 0 Å². The van der Waals surface area contributed by atoms with E-state index in [0.717, 1.165) is 44.5 Å². The van der Waals surface area contributed by atoms with Crippen molar-refractivity contribution in [3.8, 4) is 16.3 Å². The maximum Gasteiger partial charge on any atom is 0.270 e. The summed E-state index contributed by atoms with van der Waals surface area (Å²) in [6.45, 7) is 4.52. The van der Waals surface area contributed by atoms with Crippen molar-refractivity contribution in [2.75, 3.05) is 39.4 Å². The van der Waals surface area contributed by atoms with E-state index in [1.165, 1.54) is 23.5 Å². The molecule has 2 heterocycles. The molecule has 1 saturated heterocycles. The van der Waals surface area contributed by atoms with E-state index in [4.69, 9.17) is 9.47 Å². The Balaban J connectivity index is 1.33. The molecular formula is C23H23F2N3O3S. The fraction of sp³-hybridized carbons (Fsp3) is 0.304. The Morgan fingerprint density at radius 3 is 2.84 bits per heavy atom. The average Bonchev–Trinajstić information content (AvgIpc) is 3.30. The Bertz CT molecular complexity index is 1070. The third-order valence-electron chi connectivity index (χ3n) is 5.04. The van der Waals surface area contributed by atoms with Gasteiger partial charge in [-0.3, -0.25) is 9.69 Å². The summed E-state index contributed by atoms with van der Waals surface area (Å²) in [5, 5.41) is 5.31. The third kappa shape index (κ3) is 5.87. The second-order valence-electron chi connectivity index (χ2n) is 7.30. The lowest BCUT2D eigenvalue weighted by Gasteiger charge is -2.26. The van der Waals surface area contributed by atoms with Gasteiger partial charge in [-0.25, -0.2) is 13.8 Å². The maximum atomic E-state index is 13.8. The molecule has 168 valence electrons. The molecule has 4 rings (SSSR count). The summed E-state index contributed by atoms with van der Waals surface area (Å²) in [7, 11) is 0. The van der Waals surface area contributed by atoms with Gasteiger partial charge in [-0.15, -0.1) is 11.3 Å². The van der Waals surface area contributed by atoms with Crippen LogP contribution in [0.2, 0.25) is 0 Å². The topological polar surface area (TPSA) is 63.7 Å². The zero-order valence-corrected chi connectivity index (χ0v) is 18.2. The van der Waals surface area contributed by atoms with Crippen molar-refractivity contribution in [3.05, 3.63) is 70.7 Å². The first-order chi connectivity index (χ1) is 15.6. The summed E-state index contributed by atoms with van der Waals surface area (Å²) in [4.78, 5) is 19.1. The first-order valence-electron chi connectivity index (χ1n) is 10.3. The van der Waals surface area contributed by atoms with Gasteiger partial charge >= 0.3 is 0 Å². The Morgan fingerprint density at radius 1 is 1.19 bits per heavy atom. The molecule has 0 unspecified atom stereocenters. The van der Waals surface area contributed by atoms with Gasteiger partial charge in [0.15, 0.2) is 0 Å². The molecule has 1 fully saturated rings. The zero-order chi connectivity index (χ0) is 22.3. The number of hydrogen-bond donors (Lipinski definition) is 1. The Labute approximate surface area is 188 Å². The van der Waals surface area contributed by atoms with Gasteiger partial charge in [-0.1, -0.05) is 12.1 Å². The Hall–Kier alpha value is -2.88. The minimum Gasteiger partial charge on any atom is -0.489 e. The van der Waals surface area contributed by atoms with Crippen molar-refractivity contribution in [1.82, 2.24) is 15.2 Å². The molecule has 32 heavy (non-hydrogen) atoms. The van der Waals surface area contributed by atoms with Gasteiger partial charge in [-0.05, 0) is 24.3 Å². The first kappa shape index (κ1) is 22.3. The SMILES string of the molecule is O=C(NCCN1CCOCC1)c1csc(-c2cccc(OCc3ccc(F)cc3F)c2)n1. The number of ether oxygens (including phenoxy) is 2. The van der Waals surface area contributed by atoms with Crippen LogP contribution in [0.15, 0.2) is 47.8 Å². The van der Waals surface area contributed by atoms with E-state index in [1.807, 2.05) is 6.07 Å². The molecule has 2 aromatic carbocycles. The van der Waals surface area contributed by atoms with Crippen molar-refractivity contribution in [3.63, 3.8) is 0 Å². The summed E-state index contributed by atoms with van der Waals surface area (Å²) in [6, 6.07) is 10.6. The standard InChI is InChI=1S/C23H23F2N3O3S/c24-18-5-4-17(20(25)13-18)14-31-19-3-1-2-16(12-19)23-27-21(15-32-23)22(29)26-6-7-28-8-10-30-11-9-28/h1-5,12-13,15H,6-11,14H2,(H,26,29). The second kappa shape index (κ2) is 10.6. The van der Waals surface area contributed by atoms with E-state index in [2.05, 4.69) is 15.2 Å². The van der Waals surface area contributed by atoms with E-state index in [0.29, 0.717) is 23.0 Å². The van der Waals surface area contributed by atoms with Crippen LogP contribution >= 0.6 is 11.3 Å². The lowest BCUT2D eigenvalue weighted by atomic mass is 10.2. The van der Waals surface area contributed by atoms with Gasteiger partial charge < -0.3 is 14.8 Å². The number of rotatable bonds is 8. The van der Waals surface area contributed by atoms with Gasteiger partial charge in [0.1, 0.15) is 34.7 Å². The number of morpholine rings is 1. The number of carbonyl (C=O) groups is 1. The molecule has 0 spiro atoms. The van der Waals surface area contributed by atoms with Gasteiger partial charge in [0.05, 0.1) is 13.2 Å². The Morgan fingerprint density at radius 2 is 2.03 bits per heavy atom. The minimum atomic E-state index is -0.648. The largest absolute Gasteiger partial charge is 0.489 e. The van der Waals surface area contributed by atoms with Crippen molar-refractivity contribution in [2.24, 2.45) is 0 Å². The number of benzene rings is 2. The van der Waals surface area contributed by atoms with E-state index < -0.39 is 11.6 Å². The number of hydrogen-bond acceptors (Lipinski definition) is 6. The molecule has 9 heteroatoms. The van der Waals surface area contributed by atoms with E-state index in [1.54, 1.807) is 23.6 Å². The van der Waals surface area contributed by atoms with Crippen LogP contribution in [0.5, 0.6) is 5.75 Å². The average molecular weight is 460 g/mol. The summed E-state index contributed by atoms with van der Waals surface area (Å²) in [5.74, 6) is -0.957. The van der Waals surface area contributed by atoms with Gasteiger partial charge in [0.25, 0.3) is 5.91 Å². The molecule has 0 radical (unpaired) electrons. The molecule has 1 aromatic heterocycles. The number of carbonyl (C=O) groups excluding carboxylic acids is 1. The Kier molecular flexibility index (Phi) is 7.41. The van der Waals surface area contributed by atoms with Crippen LogP contribution in [0, 0.1) is 11.6 Å². The highest BCUT2D eigenvalue weighted by Gasteiger charge is 2.14. The van der Waals surface area contributed by atoms with E-state index in [-0.39, 0.29) is 18.1 Å². The van der Waals surface area contributed by atoms with Gasteiger partial charge in [0.2, 0.25) is 0 Å². The molecular weight excluding hydrogens is 436 g/mol. The van der Waals surface area contributed by atoms with Crippen LogP contribution < -0.4 is 10.1 Å². The first-order valence-corrected chi connectivity index (χ1v) is 11.2. The molecule has 0 aliphatic carbocycles. The van der Waals surface area contributed by atoms with Crippen LogP contribution in [-0.2, 0) is 11.3 Å². The van der Waals surface area contributed by atoms with Crippen LogP contribution in [0.3, 0.4) is 0 Å². The minimum absolute atomic E-state index is 0.0236. The lowest BCUT2D eigenvalue weighted by molar-refractivity contribution is 0.0383. The number of halogens is 2. The monoisotopic (exact) mass is 459 g/mol. The molecule has 1 aliphatic heterocycles. The third-order valence-corrected chi connectivity index (χ3v) is 5.94. The van der Waals surface area contributed by atoms with Crippen LogP contribution in [-0.4, -0.2) is 55.2 Å². The molecule has 1 amide bonds. The van der Waals surface area contributed by atoms with Crippen LogP contribution in [0.1, 0.15) is 16.1 Å². The molecule has 1 aliphatic rings. The highest BCUT2D eigenvalue weighted by molar-refractivity contribution is 7.13. The summed E-state index contributed by atoms with van der Waals surface area (Å²) >= 11 is 1.36. The van der Waals surface area contributed by atoms with E-state index >= 15 is 0 Å². The molecule has 0 bridgehead atoms. The van der Waals surface area contributed by atoms with Crippen molar-refractivity contribution >= 4 is 17.2 Å². The maximum absolute atomic E-state index is 13.8. The summed E-state index contributed by atoms with van der Waals surface area (Å²) < 4.78 is 37.8. The fourth-order valence-electron chi connectivity index (χ4n) is 3.27. The molecule has 3 aromatic rings. The predicted octanol–water partition coefficient (Wildman–Crippen LogP) is 3.73. The van der Waals surface area contributed by atoms with Crippen molar-refractivity contribution < 1.29 is 23.0 Å². The van der Waals surface area contributed by atoms with Crippen LogP contribution in [0.25, 0.3) is 10.6 Å². The van der Waals surface area contributed by atoms with E-state index in [9.17, 15) is 13.6 Å². The summed E-state index contributed by atoms with van der Waals surface area (Å²) in [5.41, 5.74) is 1.42. The lowest BCUT2D eigenvalue weighted by Crippen LogP contribution is -2.41. The zero-order valence-electron chi connectivity index (χ0n) is 17.4. The highest BCUT2D eigenvalue weighted by atomic mass is 32.1. The number of aromatic nitrogens is 1. The molecule has 1 N–H and O–H groups in total. The molecule has 0 atom stereocenters. The van der Waals surface area contributed by atoms with Gasteiger partial charge in [0, 0.05) is 48.8 Å². The normalized spacial score (nSPS) is 14.3. The predicted molar refractivity (Wildman–Crippen MR) is 118 cm³/mol. The molecule has 0 saturated carbocycles. The number of nitrogens with zero attached hydrogens (tertiary/aromatic N) is 2. The summed E-state index contributed by atoms with van der Waals surface area (Å²) in [6.07, 6.45) is 0. The fourth-order valence-corrected chi connectivity index (χ4v) is 4.07. The smallest absolute Gasteiger partial charge is 0.270 e.